The van der Waals surface area contributed by atoms with Crippen LogP contribution in [0.2, 0.25) is 0 Å². The summed E-state index contributed by atoms with van der Waals surface area (Å²) in [5.74, 6) is 3.26. The molecule has 3 unspecified atom stereocenters. The van der Waals surface area contributed by atoms with Crippen molar-refractivity contribution in [3.05, 3.63) is 0 Å². The van der Waals surface area contributed by atoms with Crippen molar-refractivity contribution in [2.75, 3.05) is 6.54 Å². The van der Waals surface area contributed by atoms with E-state index in [1.807, 2.05) is 0 Å². The van der Waals surface area contributed by atoms with Gasteiger partial charge in [-0.25, -0.2) is 0 Å². The first-order valence-electron chi connectivity index (χ1n) is 9.15. The van der Waals surface area contributed by atoms with Crippen LogP contribution in [0.3, 0.4) is 0 Å². The van der Waals surface area contributed by atoms with E-state index in [2.05, 4.69) is 5.32 Å². The molecular formula is C18H33N. The van der Waals surface area contributed by atoms with E-state index in [4.69, 9.17) is 0 Å². The van der Waals surface area contributed by atoms with Crippen LogP contribution in [-0.4, -0.2) is 12.6 Å². The van der Waals surface area contributed by atoms with Gasteiger partial charge in [0.15, 0.2) is 0 Å². The van der Waals surface area contributed by atoms with Gasteiger partial charge in [0.05, 0.1) is 0 Å². The van der Waals surface area contributed by atoms with Crippen molar-refractivity contribution in [3.63, 3.8) is 0 Å². The van der Waals surface area contributed by atoms with Gasteiger partial charge in [-0.3, -0.25) is 0 Å². The largest absolute Gasteiger partial charge is 0.314 e. The maximum atomic E-state index is 3.88. The Morgan fingerprint density at radius 3 is 2.32 bits per heavy atom. The second-order valence-electron chi connectivity index (χ2n) is 7.56. The molecule has 0 aromatic rings. The maximum Gasteiger partial charge on any atom is 0.00699 e. The third-order valence-electron chi connectivity index (χ3n) is 6.24. The highest BCUT2D eigenvalue weighted by atomic mass is 14.9. The molecule has 110 valence electrons. The highest BCUT2D eigenvalue weighted by molar-refractivity contribution is 4.86. The Bertz CT molecular complexity index is 256. The smallest absolute Gasteiger partial charge is 0.00699 e. The average molecular weight is 263 g/mol. The normalized spacial score (nSPS) is 36.3. The highest BCUT2D eigenvalue weighted by Crippen LogP contribution is 2.40. The molecule has 0 saturated heterocycles. The fourth-order valence-electron chi connectivity index (χ4n) is 5.05. The van der Waals surface area contributed by atoms with Gasteiger partial charge < -0.3 is 5.32 Å². The Labute approximate surface area is 119 Å². The van der Waals surface area contributed by atoms with E-state index in [0.29, 0.717) is 0 Å². The summed E-state index contributed by atoms with van der Waals surface area (Å²) in [5, 5.41) is 3.88. The minimum absolute atomic E-state index is 0.864. The topological polar surface area (TPSA) is 12.0 Å². The molecule has 1 nitrogen and oxygen atoms in total. The molecule has 0 aromatic heterocycles. The molecule has 0 aliphatic heterocycles. The zero-order valence-electron chi connectivity index (χ0n) is 12.7. The highest BCUT2D eigenvalue weighted by Gasteiger charge is 2.31. The van der Waals surface area contributed by atoms with Gasteiger partial charge >= 0.3 is 0 Å². The molecule has 3 rings (SSSR count). The van der Waals surface area contributed by atoms with Crippen LogP contribution in [0, 0.1) is 17.8 Å². The molecule has 3 atom stereocenters. The molecule has 0 spiro atoms. The summed E-state index contributed by atoms with van der Waals surface area (Å²) >= 11 is 0. The van der Waals surface area contributed by atoms with Crippen molar-refractivity contribution in [1.29, 1.82) is 0 Å². The van der Waals surface area contributed by atoms with Crippen LogP contribution < -0.4 is 5.32 Å². The first kappa shape index (κ1) is 13.9. The molecule has 0 radical (unpaired) electrons. The predicted octanol–water partition coefficient (Wildman–Crippen LogP) is 4.91. The van der Waals surface area contributed by atoms with Gasteiger partial charge in [-0.05, 0) is 56.4 Å². The van der Waals surface area contributed by atoms with Gasteiger partial charge in [-0.15, -0.1) is 0 Å². The molecular weight excluding hydrogens is 230 g/mol. The minimum atomic E-state index is 0.864. The van der Waals surface area contributed by atoms with E-state index in [-0.39, 0.29) is 0 Å². The fraction of sp³-hybridized carbons (Fsp3) is 1.00. The van der Waals surface area contributed by atoms with Crippen LogP contribution in [0.1, 0.15) is 83.5 Å². The minimum Gasteiger partial charge on any atom is -0.314 e. The van der Waals surface area contributed by atoms with Gasteiger partial charge in [-0.2, -0.15) is 0 Å². The lowest BCUT2D eigenvalue weighted by molar-refractivity contribution is 0.143. The summed E-state index contributed by atoms with van der Waals surface area (Å²) in [7, 11) is 0. The van der Waals surface area contributed by atoms with Crippen molar-refractivity contribution in [2.45, 2.75) is 89.5 Å². The number of hydrogen-bond donors (Lipinski definition) is 1. The van der Waals surface area contributed by atoms with Gasteiger partial charge in [0, 0.05) is 6.04 Å². The van der Waals surface area contributed by atoms with E-state index in [1.165, 1.54) is 83.6 Å². The Morgan fingerprint density at radius 1 is 0.737 bits per heavy atom. The molecule has 3 saturated carbocycles. The van der Waals surface area contributed by atoms with E-state index in [0.717, 1.165) is 23.8 Å². The van der Waals surface area contributed by atoms with Crippen LogP contribution in [-0.2, 0) is 0 Å². The third-order valence-corrected chi connectivity index (χ3v) is 6.24. The van der Waals surface area contributed by atoms with Crippen molar-refractivity contribution < 1.29 is 0 Å². The number of hydrogen-bond acceptors (Lipinski definition) is 1. The van der Waals surface area contributed by atoms with Gasteiger partial charge in [0.25, 0.3) is 0 Å². The quantitative estimate of drug-likeness (QED) is 0.695. The summed E-state index contributed by atoms with van der Waals surface area (Å²) in [6.45, 7) is 1.29. The second-order valence-corrected chi connectivity index (χ2v) is 7.56. The average Bonchev–Trinajstić information content (AvgIpc) is 2.97. The molecule has 3 aliphatic rings. The molecule has 0 aromatic carbocycles. The third kappa shape index (κ3) is 3.97. The van der Waals surface area contributed by atoms with Crippen LogP contribution in [0.15, 0.2) is 0 Å². The predicted molar refractivity (Wildman–Crippen MR) is 82.3 cm³/mol. The van der Waals surface area contributed by atoms with E-state index >= 15 is 0 Å². The molecule has 1 N–H and O–H groups in total. The van der Waals surface area contributed by atoms with Crippen LogP contribution >= 0.6 is 0 Å². The lowest BCUT2D eigenvalue weighted by atomic mass is 9.69. The standard InChI is InChI=1S/C18H33N/c1-2-7-15(6-1)8-5-13-19-18-12-11-16-9-3-4-10-17(16)14-18/h15-19H,1-14H2. The SMILES string of the molecule is C1CCC(CCCNC2CCC3CCCCC3C2)C1. The summed E-state index contributed by atoms with van der Waals surface area (Å²) < 4.78 is 0. The van der Waals surface area contributed by atoms with Gasteiger partial charge in [0.1, 0.15) is 0 Å². The van der Waals surface area contributed by atoms with E-state index < -0.39 is 0 Å². The van der Waals surface area contributed by atoms with Crippen LogP contribution in [0.4, 0.5) is 0 Å². The maximum absolute atomic E-state index is 3.88. The van der Waals surface area contributed by atoms with Gasteiger partial charge in [-0.1, -0.05) is 51.4 Å². The first-order chi connectivity index (χ1) is 9.42. The lowest BCUT2D eigenvalue weighted by Crippen LogP contribution is -2.39. The Balaban J connectivity index is 1.30. The van der Waals surface area contributed by atoms with Crippen molar-refractivity contribution in [2.24, 2.45) is 17.8 Å². The summed E-state index contributed by atoms with van der Waals surface area (Å²) in [6, 6.07) is 0.864. The summed E-state index contributed by atoms with van der Waals surface area (Å²) in [6.07, 6.45) is 19.5. The number of fused-ring (bicyclic) bond motifs is 1. The first-order valence-corrected chi connectivity index (χ1v) is 9.15. The molecule has 0 amide bonds. The lowest BCUT2D eigenvalue weighted by Gasteiger charge is -2.39. The number of nitrogens with one attached hydrogen (secondary N) is 1. The Morgan fingerprint density at radius 2 is 1.47 bits per heavy atom. The van der Waals surface area contributed by atoms with Gasteiger partial charge in [0.2, 0.25) is 0 Å². The molecule has 3 aliphatic carbocycles. The summed E-state index contributed by atoms with van der Waals surface area (Å²) in [4.78, 5) is 0. The van der Waals surface area contributed by atoms with Crippen molar-refractivity contribution in [1.82, 2.24) is 5.32 Å². The molecule has 19 heavy (non-hydrogen) atoms. The van der Waals surface area contributed by atoms with Crippen LogP contribution in [0.25, 0.3) is 0 Å². The number of rotatable bonds is 5. The van der Waals surface area contributed by atoms with Crippen LogP contribution in [0.5, 0.6) is 0 Å². The fourth-order valence-corrected chi connectivity index (χ4v) is 5.05. The Hall–Kier alpha value is -0.0400. The second kappa shape index (κ2) is 7.11. The van der Waals surface area contributed by atoms with E-state index in [9.17, 15) is 0 Å². The monoisotopic (exact) mass is 263 g/mol. The zero-order chi connectivity index (χ0) is 12.9. The van der Waals surface area contributed by atoms with E-state index in [1.54, 1.807) is 6.42 Å². The van der Waals surface area contributed by atoms with Crippen molar-refractivity contribution >= 4 is 0 Å². The molecule has 1 heteroatoms. The summed E-state index contributed by atoms with van der Waals surface area (Å²) in [5.41, 5.74) is 0. The Kier molecular flexibility index (Phi) is 5.21. The molecule has 0 bridgehead atoms. The molecule has 0 heterocycles. The zero-order valence-corrected chi connectivity index (χ0v) is 12.7. The molecule has 3 fully saturated rings. The van der Waals surface area contributed by atoms with Crippen molar-refractivity contribution in [3.8, 4) is 0 Å².